The van der Waals surface area contributed by atoms with Gasteiger partial charge in [-0.1, -0.05) is 13.8 Å². The summed E-state index contributed by atoms with van der Waals surface area (Å²) in [5.74, 6) is 0.357. The smallest absolute Gasteiger partial charge is 0.254 e. The number of nitrogens with one attached hydrogen (secondary N) is 1. The molecule has 1 amide bonds. The number of aliphatic hydroxyl groups is 1. The number of carbonyl (C=O) groups excluding carboxylic acids is 2. The van der Waals surface area contributed by atoms with Crippen molar-refractivity contribution in [1.29, 1.82) is 0 Å². The molecule has 0 saturated heterocycles. The molecule has 8 heteroatoms. The molecule has 4 N–H and O–H groups in total. The maximum absolute atomic E-state index is 12.7. The minimum atomic E-state index is -0.595. The molecule has 1 fully saturated rings. The molecule has 4 rings (SSSR count). The molecular formula is C22H29N5O3. The number of amides is 1. The molecule has 0 aliphatic heterocycles. The number of rotatable bonds is 4. The Morgan fingerprint density at radius 2 is 1.97 bits per heavy atom. The second-order valence-electron chi connectivity index (χ2n) is 9.39. The lowest BCUT2D eigenvalue weighted by atomic mass is 9.75. The van der Waals surface area contributed by atoms with Crippen molar-refractivity contribution in [3.05, 3.63) is 34.8 Å². The first-order valence-corrected chi connectivity index (χ1v) is 10.5. The highest BCUT2D eigenvalue weighted by molar-refractivity contribution is 6.00. The predicted molar refractivity (Wildman–Crippen MR) is 113 cm³/mol. The van der Waals surface area contributed by atoms with E-state index >= 15 is 0 Å². The van der Waals surface area contributed by atoms with Crippen molar-refractivity contribution < 1.29 is 14.7 Å². The van der Waals surface area contributed by atoms with E-state index in [0.717, 1.165) is 36.1 Å². The number of fused-ring (bicyclic) bond motifs is 1. The Morgan fingerprint density at radius 1 is 1.27 bits per heavy atom. The number of nitrogens with two attached hydrogens (primary N) is 1. The van der Waals surface area contributed by atoms with Gasteiger partial charge in [-0.05, 0) is 50.0 Å². The Kier molecular flexibility index (Phi) is 5.13. The molecule has 2 aliphatic rings. The number of aromatic nitrogens is 3. The van der Waals surface area contributed by atoms with Crippen LogP contribution in [0.1, 0.15) is 77.9 Å². The van der Waals surface area contributed by atoms with Crippen LogP contribution in [0.3, 0.4) is 0 Å². The first kappa shape index (κ1) is 20.5. The quantitative estimate of drug-likeness (QED) is 0.710. The molecule has 2 heterocycles. The largest absolute Gasteiger partial charge is 0.393 e. The summed E-state index contributed by atoms with van der Waals surface area (Å²) >= 11 is 0. The number of hydrogen-bond acceptors (Lipinski definition) is 6. The summed E-state index contributed by atoms with van der Waals surface area (Å²) in [4.78, 5) is 33.7. The van der Waals surface area contributed by atoms with Crippen LogP contribution in [0, 0.1) is 12.3 Å². The number of carbonyl (C=O) groups is 2. The van der Waals surface area contributed by atoms with E-state index in [4.69, 9.17) is 5.73 Å². The second kappa shape index (κ2) is 7.50. The monoisotopic (exact) mass is 411 g/mol. The highest BCUT2D eigenvalue weighted by Gasteiger charge is 2.35. The summed E-state index contributed by atoms with van der Waals surface area (Å²) in [5, 5.41) is 13.1. The van der Waals surface area contributed by atoms with Crippen molar-refractivity contribution in [2.45, 2.75) is 71.4 Å². The van der Waals surface area contributed by atoms with Crippen LogP contribution in [0.2, 0.25) is 0 Å². The average Bonchev–Trinajstić information content (AvgIpc) is 2.98. The normalized spacial score (nSPS) is 23.1. The summed E-state index contributed by atoms with van der Waals surface area (Å²) in [7, 11) is 0. The summed E-state index contributed by atoms with van der Waals surface area (Å²) in [6.45, 7) is 6.10. The maximum atomic E-state index is 12.7. The molecule has 2 aliphatic carbocycles. The molecule has 0 atom stereocenters. The van der Waals surface area contributed by atoms with Gasteiger partial charge >= 0.3 is 0 Å². The molecular weight excluding hydrogens is 382 g/mol. The molecule has 0 aromatic carbocycles. The number of Topliss-reactive ketones (excluding diaryl/α,β-unsaturated/α-hetero) is 1. The fraction of sp³-hybridized carbons (Fsp3) is 0.545. The first-order valence-electron chi connectivity index (χ1n) is 10.5. The lowest BCUT2D eigenvalue weighted by Gasteiger charge is -2.30. The average molecular weight is 412 g/mol. The Morgan fingerprint density at radius 3 is 2.63 bits per heavy atom. The van der Waals surface area contributed by atoms with Crippen LogP contribution in [0.25, 0.3) is 5.95 Å². The molecule has 160 valence electrons. The second-order valence-corrected chi connectivity index (χ2v) is 9.39. The summed E-state index contributed by atoms with van der Waals surface area (Å²) < 4.78 is 1.87. The highest BCUT2D eigenvalue weighted by atomic mass is 16.3. The number of hydrogen-bond donors (Lipinski definition) is 3. The van der Waals surface area contributed by atoms with Gasteiger partial charge in [0, 0.05) is 36.1 Å². The Balaban J connectivity index is 1.73. The van der Waals surface area contributed by atoms with Crippen molar-refractivity contribution in [2.75, 3.05) is 5.32 Å². The van der Waals surface area contributed by atoms with E-state index in [1.54, 1.807) is 0 Å². The Hall–Kier alpha value is -2.74. The van der Waals surface area contributed by atoms with E-state index in [1.165, 1.54) is 6.20 Å². The number of aryl methyl sites for hydroxylation is 1. The summed E-state index contributed by atoms with van der Waals surface area (Å²) in [5.41, 5.74) is 8.22. The third-order valence-corrected chi connectivity index (χ3v) is 6.15. The standard InChI is InChI=1S/C22H29N5O3/c1-12-11-27(16-8-22(2,3)9-17(29)18(12)16)21-24-10-15(19(23)30)20(26-21)25-13-4-6-14(28)7-5-13/h10-11,13-14,28H,4-9H2,1-3H3,(H2,23,30)(H,24,25,26). The summed E-state index contributed by atoms with van der Waals surface area (Å²) in [6, 6.07) is 0.107. The van der Waals surface area contributed by atoms with Crippen molar-refractivity contribution in [3.8, 4) is 5.95 Å². The van der Waals surface area contributed by atoms with E-state index in [-0.39, 0.29) is 28.9 Å². The van der Waals surface area contributed by atoms with Crippen LogP contribution in [0.15, 0.2) is 12.4 Å². The number of aliphatic hydroxyl groups excluding tert-OH is 1. The molecule has 8 nitrogen and oxygen atoms in total. The zero-order chi connectivity index (χ0) is 21.6. The lowest BCUT2D eigenvalue weighted by molar-refractivity contribution is 0.0909. The molecule has 2 aromatic rings. The zero-order valence-electron chi connectivity index (χ0n) is 17.7. The van der Waals surface area contributed by atoms with Crippen LogP contribution < -0.4 is 11.1 Å². The van der Waals surface area contributed by atoms with Crippen molar-refractivity contribution in [2.24, 2.45) is 11.1 Å². The molecule has 1 saturated carbocycles. The van der Waals surface area contributed by atoms with Crippen LogP contribution in [-0.2, 0) is 6.42 Å². The number of anilines is 1. The third kappa shape index (κ3) is 3.84. The van der Waals surface area contributed by atoms with Gasteiger partial charge in [0.2, 0.25) is 5.95 Å². The van der Waals surface area contributed by atoms with Crippen LogP contribution in [0.5, 0.6) is 0 Å². The highest BCUT2D eigenvalue weighted by Crippen LogP contribution is 2.37. The van der Waals surface area contributed by atoms with E-state index < -0.39 is 5.91 Å². The SMILES string of the molecule is Cc1cn(-c2ncc(C(N)=O)c(NC3CCC(O)CC3)n2)c2c1C(=O)CC(C)(C)C2. The van der Waals surface area contributed by atoms with E-state index in [2.05, 4.69) is 29.1 Å². The van der Waals surface area contributed by atoms with Crippen LogP contribution in [0.4, 0.5) is 5.82 Å². The third-order valence-electron chi connectivity index (χ3n) is 6.15. The molecule has 30 heavy (non-hydrogen) atoms. The summed E-state index contributed by atoms with van der Waals surface area (Å²) in [6.07, 6.45) is 7.34. The van der Waals surface area contributed by atoms with E-state index in [0.29, 0.717) is 31.0 Å². The number of primary amides is 1. The van der Waals surface area contributed by atoms with E-state index in [1.807, 2.05) is 17.7 Å². The van der Waals surface area contributed by atoms with Gasteiger partial charge in [0.1, 0.15) is 5.82 Å². The van der Waals surface area contributed by atoms with Crippen molar-refractivity contribution in [3.63, 3.8) is 0 Å². The Labute approximate surface area is 175 Å². The van der Waals surface area contributed by atoms with Gasteiger partial charge in [0.15, 0.2) is 5.78 Å². The van der Waals surface area contributed by atoms with Crippen molar-refractivity contribution in [1.82, 2.24) is 14.5 Å². The number of nitrogens with zero attached hydrogens (tertiary/aromatic N) is 3. The van der Waals surface area contributed by atoms with Crippen molar-refractivity contribution >= 4 is 17.5 Å². The van der Waals surface area contributed by atoms with E-state index in [9.17, 15) is 14.7 Å². The van der Waals surface area contributed by atoms with Gasteiger partial charge in [-0.3, -0.25) is 14.2 Å². The Bertz CT molecular complexity index is 1000. The minimum Gasteiger partial charge on any atom is -0.393 e. The van der Waals surface area contributed by atoms with Gasteiger partial charge in [0.25, 0.3) is 5.91 Å². The number of ketones is 1. The molecule has 0 unspecified atom stereocenters. The topological polar surface area (TPSA) is 123 Å². The molecule has 0 radical (unpaired) electrons. The fourth-order valence-electron chi connectivity index (χ4n) is 4.65. The minimum absolute atomic E-state index is 0.107. The van der Waals surface area contributed by atoms with Gasteiger partial charge in [-0.15, -0.1) is 0 Å². The maximum Gasteiger partial charge on any atom is 0.254 e. The lowest BCUT2D eigenvalue weighted by Crippen LogP contribution is -2.30. The van der Waals surface area contributed by atoms with Gasteiger partial charge in [0.05, 0.1) is 11.7 Å². The molecule has 2 aromatic heterocycles. The fourth-order valence-corrected chi connectivity index (χ4v) is 4.65. The van der Waals surface area contributed by atoms with Gasteiger partial charge < -0.3 is 16.2 Å². The molecule has 0 spiro atoms. The predicted octanol–water partition coefficient (Wildman–Crippen LogP) is 2.55. The zero-order valence-corrected chi connectivity index (χ0v) is 17.7. The van der Waals surface area contributed by atoms with Gasteiger partial charge in [-0.25, -0.2) is 4.98 Å². The molecule has 0 bridgehead atoms. The van der Waals surface area contributed by atoms with Crippen LogP contribution in [-0.4, -0.2) is 43.5 Å². The first-order chi connectivity index (χ1) is 14.1. The van der Waals surface area contributed by atoms with Gasteiger partial charge in [-0.2, -0.15) is 4.98 Å². The van der Waals surface area contributed by atoms with Crippen LogP contribution >= 0.6 is 0 Å².